The zero-order valence-corrected chi connectivity index (χ0v) is 14.2. The number of benzene rings is 2. The van der Waals surface area contributed by atoms with Crippen LogP contribution in [0.2, 0.25) is 0 Å². The lowest BCUT2D eigenvalue weighted by molar-refractivity contribution is 0.463. The third-order valence-electron chi connectivity index (χ3n) is 4.15. The molecule has 0 saturated carbocycles. The van der Waals surface area contributed by atoms with Crippen molar-refractivity contribution in [3.63, 3.8) is 0 Å². The van der Waals surface area contributed by atoms with E-state index in [-0.39, 0.29) is 21.3 Å². The first-order chi connectivity index (χ1) is 10.1. The highest BCUT2D eigenvalue weighted by atomic mass is 32.2. The van der Waals surface area contributed by atoms with Gasteiger partial charge < -0.3 is 10.2 Å². The van der Waals surface area contributed by atoms with Gasteiger partial charge in [0.25, 0.3) is 0 Å². The van der Waals surface area contributed by atoms with Crippen LogP contribution in [0.3, 0.4) is 0 Å². The van der Waals surface area contributed by atoms with E-state index in [0.29, 0.717) is 27.8 Å². The molecule has 0 aliphatic carbocycles. The maximum Gasteiger partial charge on any atom is 0.207 e. The van der Waals surface area contributed by atoms with Crippen LogP contribution in [0.15, 0.2) is 28.0 Å². The predicted molar refractivity (Wildman–Crippen MR) is 85.4 cm³/mol. The number of rotatable bonds is 2. The molecule has 0 aromatic heterocycles. The topological polar surface area (TPSA) is 74.6 Å². The zero-order valence-electron chi connectivity index (χ0n) is 13.4. The molecule has 0 radical (unpaired) electrons. The molecule has 0 fully saturated rings. The van der Waals surface area contributed by atoms with E-state index in [1.165, 1.54) is 6.07 Å². The van der Waals surface area contributed by atoms with Crippen LogP contribution in [-0.4, -0.2) is 18.6 Å². The van der Waals surface area contributed by atoms with Gasteiger partial charge in [-0.2, -0.15) is 0 Å². The zero-order chi connectivity index (χ0) is 16.8. The van der Waals surface area contributed by atoms with Crippen molar-refractivity contribution in [3.8, 4) is 11.5 Å². The molecule has 2 N–H and O–H groups in total. The average molecular weight is 320 g/mol. The summed E-state index contributed by atoms with van der Waals surface area (Å²) in [6.07, 6.45) is 0. The van der Waals surface area contributed by atoms with Gasteiger partial charge in [0.1, 0.15) is 11.5 Å². The Hall–Kier alpha value is -2.01. The molecule has 5 heteroatoms. The van der Waals surface area contributed by atoms with E-state index in [9.17, 15) is 18.6 Å². The second-order valence-corrected chi connectivity index (χ2v) is 7.50. The minimum Gasteiger partial charge on any atom is -0.508 e. The molecule has 22 heavy (non-hydrogen) atoms. The highest BCUT2D eigenvalue weighted by molar-refractivity contribution is 7.91. The van der Waals surface area contributed by atoms with Gasteiger partial charge in [-0.3, -0.25) is 0 Å². The molecular formula is C17H20O4S. The summed E-state index contributed by atoms with van der Waals surface area (Å²) >= 11 is 0. The van der Waals surface area contributed by atoms with Crippen LogP contribution in [0.5, 0.6) is 11.5 Å². The molecule has 0 amide bonds. The van der Waals surface area contributed by atoms with Gasteiger partial charge in [0, 0.05) is 11.1 Å². The summed E-state index contributed by atoms with van der Waals surface area (Å²) in [6, 6.07) is 4.63. The summed E-state index contributed by atoms with van der Waals surface area (Å²) in [5.41, 5.74) is 2.58. The molecule has 0 saturated heterocycles. The summed E-state index contributed by atoms with van der Waals surface area (Å²) in [5.74, 6) is -0.0658. The Labute approximate surface area is 131 Å². The first kappa shape index (κ1) is 16.4. The fraction of sp³-hybridized carbons (Fsp3) is 0.294. The molecule has 0 heterocycles. The van der Waals surface area contributed by atoms with Gasteiger partial charge in [-0.05, 0) is 63.4 Å². The Morgan fingerprint density at radius 1 is 0.818 bits per heavy atom. The Bertz CT molecular complexity index is 865. The molecule has 2 aromatic rings. The van der Waals surface area contributed by atoms with Crippen molar-refractivity contribution >= 4 is 9.84 Å². The van der Waals surface area contributed by atoms with E-state index in [1.807, 2.05) is 0 Å². The number of aryl methyl sites for hydroxylation is 2. The van der Waals surface area contributed by atoms with Crippen molar-refractivity contribution in [2.45, 2.75) is 44.4 Å². The van der Waals surface area contributed by atoms with E-state index in [0.717, 1.165) is 0 Å². The van der Waals surface area contributed by atoms with E-state index in [1.54, 1.807) is 46.8 Å². The number of aromatic hydroxyl groups is 2. The Morgan fingerprint density at radius 3 is 2.00 bits per heavy atom. The highest BCUT2D eigenvalue weighted by Crippen LogP contribution is 2.37. The lowest BCUT2D eigenvalue weighted by atomic mass is 10.1. The first-order valence-electron chi connectivity index (χ1n) is 6.93. The fourth-order valence-electron chi connectivity index (χ4n) is 2.62. The van der Waals surface area contributed by atoms with Crippen molar-refractivity contribution in [3.05, 3.63) is 46.0 Å². The van der Waals surface area contributed by atoms with Crippen LogP contribution in [0, 0.1) is 34.6 Å². The summed E-state index contributed by atoms with van der Waals surface area (Å²) in [7, 11) is -3.84. The number of sulfone groups is 1. The number of hydrogen-bond donors (Lipinski definition) is 2. The van der Waals surface area contributed by atoms with E-state index >= 15 is 0 Å². The lowest BCUT2D eigenvalue weighted by Crippen LogP contribution is -2.09. The second kappa shape index (κ2) is 5.32. The van der Waals surface area contributed by atoms with Crippen LogP contribution in [0.4, 0.5) is 0 Å². The summed E-state index contributed by atoms with van der Waals surface area (Å²) in [5, 5.41) is 20.0. The van der Waals surface area contributed by atoms with Crippen molar-refractivity contribution in [1.82, 2.24) is 0 Å². The van der Waals surface area contributed by atoms with Crippen LogP contribution in [0.1, 0.15) is 27.8 Å². The van der Waals surface area contributed by atoms with Crippen LogP contribution >= 0.6 is 0 Å². The summed E-state index contributed by atoms with van der Waals surface area (Å²) < 4.78 is 26.1. The third-order valence-corrected chi connectivity index (χ3v) is 6.32. The van der Waals surface area contributed by atoms with Crippen LogP contribution in [-0.2, 0) is 9.84 Å². The highest BCUT2D eigenvalue weighted by Gasteiger charge is 2.27. The second-order valence-electron chi connectivity index (χ2n) is 5.65. The van der Waals surface area contributed by atoms with E-state index < -0.39 is 9.84 Å². The smallest absolute Gasteiger partial charge is 0.207 e. The monoisotopic (exact) mass is 320 g/mol. The number of phenols is 2. The molecule has 0 atom stereocenters. The lowest BCUT2D eigenvalue weighted by Gasteiger charge is -2.16. The molecular weight excluding hydrogens is 300 g/mol. The molecule has 118 valence electrons. The van der Waals surface area contributed by atoms with Gasteiger partial charge in [0.15, 0.2) is 0 Å². The van der Waals surface area contributed by atoms with Crippen LogP contribution < -0.4 is 0 Å². The SMILES string of the molecule is Cc1cc(S(=O)(=O)c2c(C)ccc(O)c2C)c(C)c(O)c1C. The number of hydrogen-bond acceptors (Lipinski definition) is 4. The maximum absolute atomic E-state index is 13.0. The van der Waals surface area contributed by atoms with Gasteiger partial charge in [-0.1, -0.05) is 6.07 Å². The van der Waals surface area contributed by atoms with Crippen molar-refractivity contribution in [2.24, 2.45) is 0 Å². The standard InChI is InChI=1S/C17H20O4S/c1-9-6-7-14(18)12(4)17(9)22(20,21)15-8-10(2)11(3)16(19)13(15)5/h6-8,18-19H,1-5H3. The van der Waals surface area contributed by atoms with Crippen LogP contribution in [0.25, 0.3) is 0 Å². The molecule has 2 aromatic carbocycles. The number of phenolic OH excluding ortho intramolecular Hbond substituents is 2. The molecule has 0 unspecified atom stereocenters. The minimum absolute atomic E-state index is 0.00552. The van der Waals surface area contributed by atoms with Crippen molar-refractivity contribution < 1.29 is 18.6 Å². The molecule has 0 aliphatic heterocycles. The van der Waals surface area contributed by atoms with Gasteiger partial charge in [0.05, 0.1) is 9.79 Å². The molecule has 0 spiro atoms. The molecule has 0 aliphatic rings. The fourth-order valence-corrected chi connectivity index (χ4v) is 4.67. The Balaban J connectivity index is 2.87. The summed E-state index contributed by atoms with van der Waals surface area (Å²) in [4.78, 5) is 0.170. The van der Waals surface area contributed by atoms with Gasteiger partial charge in [-0.15, -0.1) is 0 Å². The largest absolute Gasteiger partial charge is 0.508 e. The molecule has 0 bridgehead atoms. The predicted octanol–water partition coefficient (Wildman–Crippen LogP) is 3.47. The average Bonchev–Trinajstić information content (AvgIpc) is 2.44. The maximum atomic E-state index is 13.0. The normalized spacial score (nSPS) is 11.7. The van der Waals surface area contributed by atoms with Gasteiger partial charge in [-0.25, -0.2) is 8.42 Å². The van der Waals surface area contributed by atoms with E-state index in [2.05, 4.69) is 0 Å². The van der Waals surface area contributed by atoms with Crippen molar-refractivity contribution in [2.75, 3.05) is 0 Å². The molecule has 2 rings (SSSR count). The molecule has 4 nitrogen and oxygen atoms in total. The first-order valence-corrected chi connectivity index (χ1v) is 8.41. The minimum atomic E-state index is -3.84. The Morgan fingerprint density at radius 2 is 1.41 bits per heavy atom. The summed E-state index contributed by atoms with van der Waals surface area (Å²) in [6.45, 7) is 8.36. The Kier molecular flexibility index (Phi) is 3.96. The van der Waals surface area contributed by atoms with Gasteiger partial charge in [0.2, 0.25) is 9.84 Å². The third kappa shape index (κ3) is 2.35. The van der Waals surface area contributed by atoms with Gasteiger partial charge >= 0.3 is 0 Å². The van der Waals surface area contributed by atoms with E-state index in [4.69, 9.17) is 0 Å². The quantitative estimate of drug-likeness (QED) is 0.888. The van der Waals surface area contributed by atoms with Crippen molar-refractivity contribution in [1.29, 1.82) is 0 Å².